The Kier molecular flexibility index (Phi) is 7.80. The Balaban J connectivity index is 1.72. The topological polar surface area (TPSA) is 51.2 Å². The van der Waals surface area contributed by atoms with Crippen LogP contribution in [0.1, 0.15) is 32.3 Å². The van der Waals surface area contributed by atoms with Gasteiger partial charge in [0.05, 0.1) is 21.3 Å². The zero-order chi connectivity index (χ0) is 22.4. The number of amides is 1. The van der Waals surface area contributed by atoms with Gasteiger partial charge < -0.3 is 19.1 Å². The zero-order valence-electron chi connectivity index (χ0n) is 19.3. The highest BCUT2D eigenvalue weighted by Crippen LogP contribution is 2.40. The fourth-order valence-corrected chi connectivity index (χ4v) is 4.25. The van der Waals surface area contributed by atoms with Crippen molar-refractivity contribution in [3.8, 4) is 17.2 Å². The molecular formula is C25H34N2O4. The normalized spacial score (nSPS) is 15.0. The van der Waals surface area contributed by atoms with Crippen molar-refractivity contribution in [3.05, 3.63) is 48.0 Å². The van der Waals surface area contributed by atoms with Crippen LogP contribution in [0.2, 0.25) is 0 Å². The summed E-state index contributed by atoms with van der Waals surface area (Å²) in [5.74, 6) is 2.15. The number of methoxy groups -OCH3 is 3. The number of benzene rings is 2. The van der Waals surface area contributed by atoms with Gasteiger partial charge in [-0.25, -0.2) is 0 Å². The van der Waals surface area contributed by atoms with Gasteiger partial charge in [0.15, 0.2) is 11.5 Å². The molecule has 2 aromatic carbocycles. The SMILES string of the molecule is COc1ccc(CN2CCC(N(C(=O)C(C)C)c3ccccc3)CC2)c(OC)c1OC. The van der Waals surface area contributed by atoms with E-state index < -0.39 is 0 Å². The molecule has 168 valence electrons. The summed E-state index contributed by atoms with van der Waals surface area (Å²) >= 11 is 0. The standard InChI is InChI=1S/C25H34N2O4/c1-18(2)25(28)27(20-9-7-6-8-10-20)21-13-15-26(16-14-21)17-19-11-12-22(29-3)24(31-5)23(19)30-4/h6-12,18,21H,13-17H2,1-5H3. The van der Waals surface area contributed by atoms with Crippen LogP contribution in [-0.2, 0) is 11.3 Å². The molecule has 0 radical (unpaired) electrons. The fourth-order valence-electron chi connectivity index (χ4n) is 4.25. The molecule has 2 aromatic rings. The van der Waals surface area contributed by atoms with Crippen LogP contribution in [0, 0.1) is 5.92 Å². The fraction of sp³-hybridized carbons (Fsp3) is 0.480. The van der Waals surface area contributed by atoms with Gasteiger partial charge in [0.2, 0.25) is 11.7 Å². The second kappa shape index (κ2) is 10.5. The van der Waals surface area contributed by atoms with Crippen molar-refractivity contribution >= 4 is 11.6 Å². The Labute approximate surface area is 185 Å². The van der Waals surface area contributed by atoms with Crippen LogP contribution in [0.3, 0.4) is 0 Å². The number of rotatable bonds is 8. The van der Waals surface area contributed by atoms with Crippen LogP contribution in [-0.4, -0.2) is 51.3 Å². The Bertz CT molecular complexity index is 861. The molecular weight excluding hydrogens is 392 g/mol. The maximum absolute atomic E-state index is 13.0. The van der Waals surface area contributed by atoms with Gasteiger partial charge in [0.25, 0.3) is 0 Å². The largest absolute Gasteiger partial charge is 0.493 e. The first-order valence-corrected chi connectivity index (χ1v) is 10.9. The van der Waals surface area contributed by atoms with Crippen molar-refractivity contribution in [2.24, 2.45) is 5.92 Å². The molecule has 3 rings (SSSR count). The first kappa shape index (κ1) is 22.9. The third kappa shape index (κ3) is 5.13. The average Bonchev–Trinajstić information content (AvgIpc) is 2.80. The highest BCUT2D eigenvalue weighted by molar-refractivity contribution is 5.95. The number of para-hydroxylation sites is 1. The number of piperidine rings is 1. The molecule has 0 unspecified atom stereocenters. The lowest BCUT2D eigenvalue weighted by Crippen LogP contribution is -2.48. The minimum absolute atomic E-state index is 0.0331. The first-order valence-electron chi connectivity index (χ1n) is 10.9. The Morgan fingerprint density at radius 3 is 2.16 bits per heavy atom. The number of nitrogens with zero attached hydrogens (tertiary/aromatic N) is 2. The highest BCUT2D eigenvalue weighted by Gasteiger charge is 2.30. The van der Waals surface area contributed by atoms with Crippen molar-refractivity contribution in [3.63, 3.8) is 0 Å². The molecule has 0 aliphatic carbocycles. The Morgan fingerprint density at radius 1 is 0.968 bits per heavy atom. The molecule has 0 saturated carbocycles. The van der Waals surface area contributed by atoms with E-state index >= 15 is 0 Å². The van der Waals surface area contributed by atoms with Crippen LogP contribution < -0.4 is 19.1 Å². The van der Waals surface area contributed by atoms with Crippen molar-refractivity contribution in [1.82, 2.24) is 4.90 Å². The van der Waals surface area contributed by atoms with Gasteiger partial charge in [-0.2, -0.15) is 0 Å². The maximum Gasteiger partial charge on any atom is 0.229 e. The van der Waals surface area contributed by atoms with Crippen molar-refractivity contribution in [2.75, 3.05) is 39.3 Å². The van der Waals surface area contributed by atoms with E-state index in [-0.39, 0.29) is 17.9 Å². The van der Waals surface area contributed by atoms with E-state index in [2.05, 4.69) is 4.90 Å². The number of ether oxygens (including phenoxy) is 3. The molecule has 0 bridgehead atoms. The third-order valence-corrected chi connectivity index (χ3v) is 5.87. The van der Waals surface area contributed by atoms with Crippen molar-refractivity contribution in [2.45, 2.75) is 39.3 Å². The molecule has 0 N–H and O–H groups in total. The zero-order valence-corrected chi connectivity index (χ0v) is 19.3. The summed E-state index contributed by atoms with van der Waals surface area (Å²) in [6.07, 6.45) is 1.87. The van der Waals surface area contributed by atoms with Gasteiger partial charge in [-0.1, -0.05) is 38.1 Å². The molecule has 31 heavy (non-hydrogen) atoms. The maximum atomic E-state index is 13.0. The number of carbonyl (C=O) groups is 1. The van der Waals surface area contributed by atoms with Crippen molar-refractivity contribution in [1.29, 1.82) is 0 Å². The first-order chi connectivity index (χ1) is 15.0. The molecule has 0 spiro atoms. The van der Waals surface area contributed by atoms with E-state index in [1.165, 1.54) is 0 Å². The second-order valence-corrected chi connectivity index (χ2v) is 8.20. The van der Waals surface area contributed by atoms with Gasteiger partial charge in [0.1, 0.15) is 0 Å². The van der Waals surface area contributed by atoms with Gasteiger partial charge in [-0.15, -0.1) is 0 Å². The summed E-state index contributed by atoms with van der Waals surface area (Å²) in [6.45, 7) is 6.53. The molecule has 1 heterocycles. The van der Waals surface area contributed by atoms with E-state index in [1.54, 1.807) is 21.3 Å². The number of carbonyl (C=O) groups excluding carboxylic acids is 1. The van der Waals surface area contributed by atoms with Gasteiger partial charge in [-0.05, 0) is 31.0 Å². The molecule has 1 aliphatic rings. The van der Waals surface area contributed by atoms with E-state index in [0.717, 1.165) is 43.7 Å². The van der Waals surface area contributed by atoms with E-state index in [1.807, 2.05) is 61.2 Å². The van der Waals surface area contributed by atoms with Gasteiger partial charge in [-0.3, -0.25) is 9.69 Å². The van der Waals surface area contributed by atoms with E-state index in [9.17, 15) is 4.79 Å². The lowest BCUT2D eigenvalue weighted by Gasteiger charge is -2.39. The van der Waals surface area contributed by atoms with Crippen LogP contribution in [0.5, 0.6) is 17.2 Å². The second-order valence-electron chi connectivity index (χ2n) is 8.20. The summed E-state index contributed by atoms with van der Waals surface area (Å²) in [7, 11) is 4.90. The van der Waals surface area contributed by atoms with Crippen LogP contribution in [0.4, 0.5) is 5.69 Å². The lowest BCUT2D eigenvalue weighted by molar-refractivity contribution is -0.122. The summed E-state index contributed by atoms with van der Waals surface area (Å²) < 4.78 is 16.6. The van der Waals surface area contributed by atoms with E-state index in [0.29, 0.717) is 17.2 Å². The molecule has 1 aliphatic heterocycles. The van der Waals surface area contributed by atoms with Gasteiger partial charge >= 0.3 is 0 Å². The Morgan fingerprint density at radius 2 is 1.61 bits per heavy atom. The Hall–Kier alpha value is -2.73. The number of anilines is 1. The summed E-state index contributed by atoms with van der Waals surface area (Å²) in [5, 5.41) is 0. The van der Waals surface area contributed by atoms with E-state index in [4.69, 9.17) is 14.2 Å². The number of hydrogen-bond donors (Lipinski definition) is 0. The molecule has 6 nitrogen and oxygen atoms in total. The number of likely N-dealkylation sites (tertiary alicyclic amines) is 1. The van der Waals surface area contributed by atoms with Crippen molar-refractivity contribution < 1.29 is 19.0 Å². The van der Waals surface area contributed by atoms with Crippen LogP contribution in [0.15, 0.2) is 42.5 Å². The summed E-state index contributed by atoms with van der Waals surface area (Å²) in [6, 6.07) is 14.2. The van der Waals surface area contributed by atoms with Crippen LogP contribution in [0.25, 0.3) is 0 Å². The molecule has 1 saturated heterocycles. The molecule has 1 amide bonds. The average molecular weight is 427 g/mol. The smallest absolute Gasteiger partial charge is 0.229 e. The molecule has 1 fully saturated rings. The molecule has 0 aromatic heterocycles. The molecule has 0 atom stereocenters. The predicted molar refractivity (Wildman–Crippen MR) is 123 cm³/mol. The highest BCUT2D eigenvalue weighted by atomic mass is 16.5. The minimum atomic E-state index is -0.0331. The number of hydrogen-bond acceptors (Lipinski definition) is 5. The monoisotopic (exact) mass is 426 g/mol. The predicted octanol–water partition coefficient (Wildman–Crippen LogP) is 4.37. The van der Waals surface area contributed by atoms with Gasteiger partial charge in [0, 0.05) is 42.8 Å². The third-order valence-electron chi connectivity index (χ3n) is 5.87. The summed E-state index contributed by atoms with van der Waals surface area (Å²) in [4.78, 5) is 17.4. The minimum Gasteiger partial charge on any atom is -0.493 e. The lowest BCUT2D eigenvalue weighted by atomic mass is 9.99. The quantitative estimate of drug-likeness (QED) is 0.628. The van der Waals surface area contributed by atoms with Crippen LogP contribution >= 0.6 is 0 Å². The summed E-state index contributed by atoms with van der Waals surface area (Å²) in [5.41, 5.74) is 2.05. The molecule has 6 heteroatoms.